The molecule has 0 radical (unpaired) electrons. The molecule has 0 aliphatic carbocycles. The van der Waals surface area contributed by atoms with E-state index in [-0.39, 0.29) is 35.9 Å². The molecule has 1 aliphatic heterocycles. The van der Waals surface area contributed by atoms with E-state index in [0.717, 1.165) is 24.5 Å². The predicted molar refractivity (Wildman–Crippen MR) is 134 cm³/mol. The van der Waals surface area contributed by atoms with E-state index < -0.39 is 0 Å². The molecule has 0 saturated carbocycles. The molecule has 3 N–H and O–H groups in total. The minimum absolute atomic E-state index is 0. The number of pyridine rings is 1. The number of nitrogens with zero attached hydrogens (tertiary/aromatic N) is 3. The maximum absolute atomic E-state index is 12.2. The number of aliphatic imine (C=N–C) groups is 1. The third-order valence-electron chi connectivity index (χ3n) is 5.19. The zero-order valence-electron chi connectivity index (χ0n) is 18.3. The molecular weight excluding hydrogens is 507 g/mol. The fraction of sp³-hybridized carbons (Fsp3) is 0.500. The van der Waals surface area contributed by atoms with Gasteiger partial charge in [-0.2, -0.15) is 0 Å². The number of anilines is 1. The van der Waals surface area contributed by atoms with Crippen molar-refractivity contribution in [3.63, 3.8) is 0 Å². The summed E-state index contributed by atoms with van der Waals surface area (Å²) in [6.45, 7) is 5.21. The number of carbonyl (C=O) groups excluding carboxylic acids is 1. The molecule has 1 aliphatic rings. The van der Waals surface area contributed by atoms with Crippen molar-refractivity contribution in [3.8, 4) is 0 Å². The van der Waals surface area contributed by atoms with Gasteiger partial charge in [-0.15, -0.1) is 24.0 Å². The average molecular weight is 540 g/mol. The zero-order valence-corrected chi connectivity index (χ0v) is 20.6. The van der Waals surface area contributed by atoms with Gasteiger partial charge in [0, 0.05) is 32.3 Å². The van der Waals surface area contributed by atoms with Crippen LogP contribution in [0.4, 0.5) is 5.82 Å². The summed E-state index contributed by atoms with van der Waals surface area (Å²) in [4.78, 5) is 23.2. The third kappa shape index (κ3) is 8.13. The van der Waals surface area contributed by atoms with Gasteiger partial charge in [0.15, 0.2) is 5.96 Å². The van der Waals surface area contributed by atoms with Crippen molar-refractivity contribution in [2.45, 2.75) is 38.6 Å². The topological polar surface area (TPSA) is 94.8 Å². The zero-order chi connectivity index (χ0) is 21.2. The van der Waals surface area contributed by atoms with Crippen LogP contribution in [0.15, 0.2) is 46.0 Å². The molecule has 0 aromatic carbocycles. The second-order valence-corrected chi connectivity index (χ2v) is 7.47. The molecule has 1 unspecified atom stereocenters. The number of carbonyl (C=O) groups is 1. The summed E-state index contributed by atoms with van der Waals surface area (Å²) in [7, 11) is 1.73. The van der Waals surface area contributed by atoms with Gasteiger partial charge in [0.1, 0.15) is 11.6 Å². The lowest BCUT2D eigenvalue weighted by atomic mass is 10.1. The van der Waals surface area contributed by atoms with Gasteiger partial charge in [-0.05, 0) is 57.1 Å². The summed E-state index contributed by atoms with van der Waals surface area (Å²) in [5, 5.41) is 9.41. The van der Waals surface area contributed by atoms with Crippen LogP contribution in [0.1, 0.15) is 43.2 Å². The monoisotopic (exact) mass is 540 g/mol. The number of hydrogen-bond donors (Lipinski definition) is 3. The van der Waals surface area contributed by atoms with Crippen LogP contribution >= 0.6 is 24.0 Å². The summed E-state index contributed by atoms with van der Waals surface area (Å²) >= 11 is 0. The molecule has 3 heterocycles. The van der Waals surface area contributed by atoms with Crippen molar-refractivity contribution < 1.29 is 9.21 Å². The first kappa shape index (κ1) is 25.1. The van der Waals surface area contributed by atoms with Crippen molar-refractivity contribution in [3.05, 3.63) is 48.0 Å². The van der Waals surface area contributed by atoms with Gasteiger partial charge in [0.25, 0.3) is 0 Å². The fourth-order valence-electron chi connectivity index (χ4n) is 3.65. The molecule has 1 fully saturated rings. The normalized spacial score (nSPS) is 15.6. The van der Waals surface area contributed by atoms with Crippen LogP contribution in [-0.4, -0.2) is 55.0 Å². The van der Waals surface area contributed by atoms with E-state index in [1.807, 2.05) is 31.2 Å². The highest BCUT2D eigenvalue weighted by Crippen LogP contribution is 2.24. The quantitative estimate of drug-likeness (QED) is 0.270. The maximum Gasteiger partial charge on any atom is 0.227 e. The minimum atomic E-state index is -0.0853. The van der Waals surface area contributed by atoms with Crippen LogP contribution in [0.3, 0.4) is 0 Å². The number of nitrogens with one attached hydrogen (secondary N) is 3. The molecule has 8 nitrogen and oxygen atoms in total. The van der Waals surface area contributed by atoms with Crippen molar-refractivity contribution in [1.29, 1.82) is 0 Å². The van der Waals surface area contributed by atoms with E-state index in [9.17, 15) is 4.79 Å². The highest BCUT2D eigenvalue weighted by molar-refractivity contribution is 14.0. The number of likely N-dealkylation sites (tertiary alicyclic amines) is 1. The van der Waals surface area contributed by atoms with Crippen LogP contribution in [0.5, 0.6) is 0 Å². The molecule has 3 rings (SSSR count). The van der Waals surface area contributed by atoms with Crippen LogP contribution in [0.2, 0.25) is 0 Å². The van der Waals surface area contributed by atoms with Crippen LogP contribution in [0, 0.1) is 6.92 Å². The van der Waals surface area contributed by atoms with E-state index in [1.54, 1.807) is 19.4 Å². The SMILES string of the molecule is CN=C(NCCC(=O)Nc1cccc(C)n1)NCC(c1ccco1)N1CCCCC1.I. The van der Waals surface area contributed by atoms with Gasteiger partial charge in [0.2, 0.25) is 5.91 Å². The Morgan fingerprint density at radius 3 is 2.68 bits per heavy atom. The molecule has 1 atom stereocenters. The van der Waals surface area contributed by atoms with Crippen LogP contribution in [0.25, 0.3) is 0 Å². The maximum atomic E-state index is 12.2. The molecule has 0 spiro atoms. The molecule has 9 heteroatoms. The first-order valence-corrected chi connectivity index (χ1v) is 10.6. The van der Waals surface area contributed by atoms with E-state index in [2.05, 4.69) is 30.8 Å². The number of halogens is 1. The van der Waals surface area contributed by atoms with Gasteiger partial charge in [0.05, 0.1) is 12.3 Å². The third-order valence-corrected chi connectivity index (χ3v) is 5.19. The Hall–Kier alpha value is -2.14. The number of rotatable bonds is 8. The number of guanidine groups is 1. The molecule has 1 saturated heterocycles. The standard InChI is InChI=1S/C22H32N6O2.HI/c1-17-8-6-10-20(26-17)27-21(29)11-12-24-22(23-2)25-16-18(19-9-7-15-30-19)28-13-4-3-5-14-28;/h6-10,15,18H,3-5,11-14,16H2,1-2H3,(H2,23,24,25)(H,26,27,29);1H. The second-order valence-electron chi connectivity index (χ2n) is 7.47. The Morgan fingerprint density at radius 1 is 1.19 bits per heavy atom. The van der Waals surface area contributed by atoms with Crippen molar-refractivity contribution in [2.24, 2.45) is 4.99 Å². The molecule has 31 heavy (non-hydrogen) atoms. The summed E-state index contributed by atoms with van der Waals surface area (Å²) in [5.74, 6) is 2.12. The smallest absolute Gasteiger partial charge is 0.227 e. The summed E-state index contributed by atoms with van der Waals surface area (Å²) in [6, 6.07) is 9.68. The van der Waals surface area contributed by atoms with Gasteiger partial charge < -0.3 is 20.4 Å². The lowest BCUT2D eigenvalue weighted by Crippen LogP contribution is -2.44. The second kappa shape index (κ2) is 13.3. The van der Waals surface area contributed by atoms with Gasteiger partial charge in [-0.3, -0.25) is 14.7 Å². The summed E-state index contributed by atoms with van der Waals surface area (Å²) in [5.41, 5.74) is 0.871. The number of piperidine rings is 1. The van der Waals surface area contributed by atoms with Crippen molar-refractivity contribution in [2.75, 3.05) is 38.5 Å². The molecule has 1 amide bonds. The van der Waals surface area contributed by atoms with Crippen LogP contribution < -0.4 is 16.0 Å². The largest absolute Gasteiger partial charge is 0.468 e. The Balaban J connectivity index is 0.00000341. The van der Waals surface area contributed by atoms with Crippen molar-refractivity contribution in [1.82, 2.24) is 20.5 Å². The van der Waals surface area contributed by atoms with E-state index in [1.165, 1.54) is 19.3 Å². The van der Waals surface area contributed by atoms with Gasteiger partial charge in [-0.25, -0.2) is 4.98 Å². The Labute approximate surface area is 201 Å². The van der Waals surface area contributed by atoms with E-state index in [0.29, 0.717) is 31.3 Å². The van der Waals surface area contributed by atoms with Gasteiger partial charge >= 0.3 is 0 Å². The van der Waals surface area contributed by atoms with Crippen molar-refractivity contribution >= 4 is 41.7 Å². The molecular formula is C22H33IN6O2. The summed E-state index contributed by atoms with van der Waals surface area (Å²) in [6.07, 6.45) is 5.77. The Kier molecular flexibility index (Phi) is 10.8. The number of aromatic nitrogens is 1. The number of aryl methyl sites for hydroxylation is 1. The lowest BCUT2D eigenvalue weighted by Gasteiger charge is -2.33. The highest BCUT2D eigenvalue weighted by atomic mass is 127. The molecule has 0 bridgehead atoms. The number of furan rings is 1. The predicted octanol–water partition coefficient (Wildman–Crippen LogP) is 3.32. The minimum Gasteiger partial charge on any atom is -0.468 e. The lowest BCUT2D eigenvalue weighted by molar-refractivity contribution is -0.116. The average Bonchev–Trinajstić information content (AvgIpc) is 3.28. The Morgan fingerprint density at radius 2 is 2.00 bits per heavy atom. The highest BCUT2D eigenvalue weighted by Gasteiger charge is 2.24. The van der Waals surface area contributed by atoms with E-state index >= 15 is 0 Å². The first-order chi connectivity index (χ1) is 14.7. The fourth-order valence-corrected chi connectivity index (χ4v) is 3.65. The van der Waals surface area contributed by atoms with Gasteiger partial charge in [-0.1, -0.05) is 12.5 Å². The summed E-state index contributed by atoms with van der Waals surface area (Å²) < 4.78 is 5.69. The number of hydrogen-bond acceptors (Lipinski definition) is 5. The van der Waals surface area contributed by atoms with Crippen LogP contribution in [-0.2, 0) is 4.79 Å². The molecule has 2 aromatic heterocycles. The Bertz CT molecular complexity index is 821. The van der Waals surface area contributed by atoms with E-state index in [4.69, 9.17) is 4.42 Å². The molecule has 2 aromatic rings. The number of amides is 1. The first-order valence-electron chi connectivity index (χ1n) is 10.6. The molecule has 170 valence electrons.